The van der Waals surface area contributed by atoms with Gasteiger partial charge >= 0.3 is 44.6 Å². The van der Waals surface area contributed by atoms with Gasteiger partial charge in [-0.05, 0) is 22.2 Å². The van der Waals surface area contributed by atoms with E-state index in [-0.39, 0.29) is 5.56 Å². The van der Waals surface area contributed by atoms with Gasteiger partial charge in [0.1, 0.15) is 5.52 Å². The fraction of sp³-hybridized carbons (Fsp3) is 0.333. The van der Waals surface area contributed by atoms with E-state index in [1.807, 2.05) is 28.2 Å². The molecule has 7 nitrogen and oxygen atoms in total. The number of hydrogen-bond donors (Lipinski definition) is 0. The van der Waals surface area contributed by atoms with Crippen molar-refractivity contribution in [1.82, 2.24) is 20.1 Å². The average molecular weight is 407 g/mol. The molecule has 0 spiro atoms. The number of fused-ring (bicyclic) bond motifs is 1. The monoisotopic (exact) mass is 407 g/mol. The van der Waals surface area contributed by atoms with Crippen molar-refractivity contribution in [3.8, 4) is 0 Å². The van der Waals surface area contributed by atoms with Gasteiger partial charge in [0, 0.05) is 0 Å². The maximum absolute atomic E-state index is 12.2. The number of nitrogens with zero attached hydrogens (tertiary/aromatic N) is 5. The van der Waals surface area contributed by atoms with Crippen molar-refractivity contribution in [2.75, 3.05) is 28.2 Å². The molecule has 14 heteroatoms. The Morgan fingerprint density at radius 2 is 1.62 bits per heavy atom. The van der Waals surface area contributed by atoms with E-state index in [9.17, 15) is 30.0 Å². The molecule has 0 fully saturated rings. The molecule has 0 aliphatic rings. The number of halogens is 6. The van der Waals surface area contributed by atoms with Crippen LogP contribution in [0.5, 0.6) is 0 Å². The summed E-state index contributed by atoms with van der Waals surface area (Å²) in [6, 6.07) is 7.48. The molecular weight excluding hydrogens is 391 g/mol. The van der Waals surface area contributed by atoms with Gasteiger partial charge in [-0.25, -0.2) is 9.48 Å². The van der Waals surface area contributed by atoms with Crippen LogP contribution >= 0.6 is 7.81 Å². The number of benzene rings is 1. The van der Waals surface area contributed by atoms with Crippen LogP contribution in [0.1, 0.15) is 0 Å². The van der Waals surface area contributed by atoms with Gasteiger partial charge in [0.25, 0.3) is 0 Å². The van der Waals surface area contributed by atoms with Crippen LogP contribution in [0.2, 0.25) is 0 Å². The van der Waals surface area contributed by atoms with Gasteiger partial charge in [-0.3, -0.25) is 9.63 Å². The SMILES string of the molecule is CN(C)C(On1nnc2ccccc2c1=O)=[N+](C)C.F[P-](F)(F)(F)(F)F. The molecule has 0 aliphatic heterocycles. The van der Waals surface area contributed by atoms with Crippen LogP contribution in [-0.4, -0.2) is 58.8 Å². The second-order valence-electron chi connectivity index (χ2n) is 5.41. The summed E-state index contributed by atoms with van der Waals surface area (Å²) in [4.78, 5) is 20.3. The molecule has 2 aromatic rings. The van der Waals surface area contributed by atoms with Gasteiger partial charge in [0.05, 0.1) is 33.6 Å². The maximum atomic E-state index is 12.2. The minimum atomic E-state index is -10.7. The van der Waals surface area contributed by atoms with Crippen LogP contribution in [0.3, 0.4) is 0 Å². The first-order valence-corrected chi connectivity index (χ1v) is 8.79. The fourth-order valence-corrected chi connectivity index (χ4v) is 1.67. The molecule has 0 N–H and O–H groups in total. The van der Waals surface area contributed by atoms with E-state index >= 15 is 0 Å². The molecule has 26 heavy (non-hydrogen) atoms. The zero-order chi connectivity index (χ0) is 20.4. The summed E-state index contributed by atoms with van der Waals surface area (Å²) < 4.78 is 60.9. The van der Waals surface area contributed by atoms with Gasteiger partial charge in [0.2, 0.25) is 0 Å². The summed E-state index contributed by atoms with van der Waals surface area (Å²) in [6.45, 7) is 0. The summed E-state index contributed by atoms with van der Waals surface area (Å²) in [5, 5.41) is 8.19. The second-order valence-corrected chi connectivity index (χ2v) is 7.32. The first-order chi connectivity index (χ1) is 11.5. The quantitative estimate of drug-likeness (QED) is 0.239. The molecule has 0 atom stereocenters. The molecular formula is C12H16F6N5O2P. The summed E-state index contributed by atoms with van der Waals surface area (Å²) in [7, 11) is -3.40. The zero-order valence-electron chi connectivity index (χ0n) is 14.1. The number of hydrogen-bond acceptors (Lipinski definition) is 4. The van der Waals surface area contributed by atoms with Gasteiger partial charge in [-0.15, -0.1) is 5.10 Å². The van der Waals surface area contributed by atoms with Crippen LogP contribution < -0.4 is 10.4 Å². The first kappa shape index (κ1) is 21.6. The van der Waals surface area contributed by atoms with Crippen LogP contribution in [0.4, 0.5) is 25.2 Å². The standard InChI is InChI=1S/C12H16N5O2.F6P/c1-15(2)12(16(3)4)19-17-11(18)9-7-5-6-8-10(9)13-14-17;1-7(2,3,4,5)6/h5-8H,1-4H3;/q+1;-1. The van der Waals surface area contributed by atoms with E-state index in [0.29, 0.717) is 16.9 Å². The Morgan fingerprint density at radius 3 is 2.08 bits per heavy atom. The predicted octanol–water partition coefficient (Wildman–Crippen LogP) is 2.79. The van der Waals surface area contributed by atoms with Crippen molar-refractivity contribution in [3.63, 3.8) is 0 Å². The van der Waals surface area contributed by atoms with Crippen LogP contribution in [0.25, 0.3) is 10.9 Å². The van der Waals surface area contributed by atoms with E-state index in [2.05, 4.69) is 10.3 Å². The topological polar surface area (TPSA) is 63.3 Å². The molecule has 0 unspecified atom stereocenters. The van der Waals surface area contributed by atoms with E-state index in [1.165, 1.54) is 0 Å². The molecule has 1 aromatic carbocycles. The number of aromatic nitrogens is 3. The Bertz CT molecular complexity index is 879. The Labute approximate surface area is 143 Å². The van der Waals surface area contributed by atoms with Crippen molar-refractivity contribution in [3.05, 3.63) is 34.6 Å². The Kier molecular flexibility index (Phi) is 5.30. The van der Waals surface area contributed by atoms with Crippen molar-refractivity contribution >= 4 is 24.7 Å². The summed E-state index contributed by atoms with van der Waals surface area (Å²) in [5.74, 6) is 0. The summed E-state index contributed by atoms with van der Waals surface area (Å²) >= 11 is 0. The van der Waals surface area contributed by atoms with Gasteiger partial charge in [0.15, 0.2) is 0 Å². The Balaban J connectivity index is 0.000000412. The van der Waals surface area contributed by atoms with Crippen LogP contribution in [0.15, 0.2) is 29.1 Å². The molecule has 0 aliphatic carbocycles. The van der Waals surface area contributed by atoms with Crippen molar-refractivity contribution in [1.29, 1.82) is 0 Å². The molecule has 0 bridgehead atoms. The number of rotatable bonds is 1. The molecule has 0 saturated carbocycles. The molecule has 1 aromatic heterocycles. The van der Waals surface area contributed by atoms with Crippen molar-refractivity contribution in [2.24, 2.45) is 0 Å². The predicted molar refractivity (Wildman–Crippen MR) is 84.7 cm³/mol. The molecule has 148 valence electrons. The zero-order valence-corrected chi connectivity index (χ0v) is 15.0. The first-order valence-electron chi connectivity index (χ1n) is 6.77. The third-order valence-corrected chi connectivity index (χ3v) is 2.48. The van der Waals surface area contributed by atoms with E-state index < -0.39 is 7.81 Å². The van der Waals surface area contributed by atoms with E-state index in [0.717, 1.165) is 4.85 Å². The summed E-state index contributed by atoms with van der Waals surface area (Å²) in [5.41, 5.74) is 0.204. The Hall–Kier alpha value is -2.43. The minimum absolute atomic E-state index is 0.341. The van der Waals surface area contributed by atoms with Crippen LogP contribution in [-0.2, 0) is 0 Å². The van der Waals surface area contributed by atoms with Gasteiger partial charge < -0.3 is 0 Å². The molecule has 2 rings (SSSR count). The normalized spacial score (nSPS) is 13.8. The van der Waals surface area contributed by atoms with Crippen molar-refractivity contribution in [2.45, 2.75) is 0 Å². The second kappa shape index (κ2) is 6.38. The van der Waals surface area contributed by atoms with Gasteiger partial charge in [-0.1, -0.05) is 12.1 Å². The van der Waals surface area contributed by atoms with Gasteiger partial charge in [-0.2, -0.15) is 0 Å². The van der Waals surface area contributed by atoms with E-state index in [1.54, 1.807) is 33.7 Å². The molecule has 1 heterocycles. The molecule has 0 radical (unpaired) electrons. The van der Waals surface area contributed by atoms with Crippen molar-refractivity contribution < 1.29 is 34.6 Å². The summed E-state index contributed by atoms with van der Waals surface area (Å²) in [6.07, 6.45) is 0. The molecule has 0 amide bonds. The third-order valence-electron chi connectivity index (χ3n) is 2.48. The van der Waals surface area contributed by atoms with Crippen LogP contribution in [0, 0.1) is 0 Å². The molecule has 0 saturated heterocycles. The average Bonchev–Trinajstić information content (AvgIpc) is 2.42. The fourth-order valence-electron chi connectivity index (χ4n) is 1.67. The van der Waals surface area contributed by atoms with E-state index in [4.69, 9.17) is 4.84 Å². The Morgan fingerprint density at radius 1 is 1.12 bits per heavy atom. The number of amidine groups is 1. The third kappa shape index (κ3) is 8.10.